The highest BCUT2D eigenvalue weighted by Gasteiger charge is 2.37. The summed E-state index contributed by atoms with van der Waals surface area (Å²) in [6, 6.07) is 4.21. The lowest BCUT2D eigenvalue weighted by Crippen LogP contribution is -2.48. The Hall–Kier alpha value is -1.78. The number of hydrogen-bond acceptors (Lipinski definition) is 4. The summed E-state index contributed by atoms with van der Waals surface area (Å²) in [4.78, 5) is 20.1. The summed E-state index contributed by atoms with van der Waals surface area (Å²) >= 11 is 0. The number of carbonyl (C=O) groups is 1. The molecule has 1 heterocycles. The van der Waals surface area contributed by atoms with Gasteiger partial charge in [0.2, 0.25) is 5.71 Å². The van der Waals surface area contributed by atoms with Gasteiger partial charge in [0, 0.05) is 12.1 Å². The summed E-state index contributed by atoms with van der Waals surface area (Å²) in [5.74, 6) is 0.434. The molecule has 0 aliphatic heterocycles. The van der Waals surface area contributed by atoms with Crippen molar-refractivity contribution in [1.29, 1.82) is 0 Å². The van der Waals surface area contributed by atoms with Gasteiger partial charge in [0.1, 0.15) is 7.11 Å². The molecule has 0 unspecified atom stereocenters. The van der Waals surface area contributed by atoms with E-state index in [9.17, 15) is 4.79 Å². The van der Waals surface area contributed by atoms with Gasteiger partial charge in [0.25, 0.3) is 5.91 Å². The lowest BCUT2D eigenvalue weighted by molar-refractivity contribution is -0.128. The number of oxime groups is 1. The molecule has 0 spiro atoms. The quantitative estimate of drug-likeness (QED) is 0.619. The Bertz CT molecular complexity index is 496. The number of rotatable bonds is 5. The van der Waals surface area contributed by atoms with Crippen molar-refractivity contribution in [2.24, 2.45) is 5.16 Å². The maximum absolute atomic E-state index is 13.2. The van der Waals surface area contributed by atoms with E-state index in [-0.39, 0.29) is 11.6 Å². The van der Waals surface area contributed by atoms with Gasteiger partial charge < -0.3 is 14.2 Å². The molecule has 0 aromatic carbocycles. The molecule has 5 nitrogen and oxygen atoms in total. The summed E-state index contributed by atoms with van der Waals surface area (Å²) in [6.07, 6.45) is 10.8. The van der Waals surface area contributed by atoms with E-state index in [1.54, 1.807) is 18.4 Å². The second-order valence-electron chi connectivity index (χ2n) is 6.19. The Balaban J connectivity index is 1.87. The van der Waals surface area contributed by atoms with Gasteiger partial charge in [-0.05, 0) is 37.8 Å². The van der Waals surface area contributed by atoms with Gasteiger partial charge in [0.15, 0.2) is 5.76 Å². The molecule has 2 aliphatic rings. The van der Waals surface area contributed by atoms with Gasteiger partial charge in [-0.2, -0.15) is 0 Å². The topological polar surface area (TPSA) is 55.0 Å². The Kier molecular flexibility index (Phi) is 4.80. The predicted octanol–water partition coefficient (Wildman–Crippen LogP) is 3.34. The van der Waals surface area contributed by atoms with Crippen molar-refractivity contribution in [3.63, 3.8) is 0 Å². The van der Waals surface area contributed by atoms with Crippen molar-refractivity contribution in [2.75, 3.05) is 7.11 Å². The van der Waals surface area contributed by atoms with Gasteiger partial charge in [0.05, 0.1) is 6.26 Å². The molecule has 1 aromatic rings. The fraction of sp³-hybridized carbons (Fsp3) is 0.647. The third-order valence-corrected chi connectivity index (χ3v) is 4.81. The van der Waals surface area contributed by atoms with E-state index >= 15 is 0 Å². The number of amides is 1. The summed E-state index contributed by atoms with van der Waals surface area (Å²) in [7, 11) is 1.46. The second kappa shape index (κ2) is 6.99. The molecule has 1 amide bonds. The van der Waals surface area contributed by atoms with Crippen LogP contribution in [0.25, 0.3) is 0 Å². The smallest absolute Gasteiger partial charge is 0.280 e. The third-order valence-electron chi connectivity index (χ3n) is 4.81. The summed E-state index contributed by atoms with van der Waals surface area (Å²) in [5, 5.41) is 3.96. The van der Waals surface area contributed by atoms with Crippen LogP contribution in [0.15, 0.2) is 28.0 Å². The molecule has 2 fully saturated rings. The molecule has 22 heavy (non-hydrogen) atoms. The zero-order valence-corrected chi connectivity index (χ0v) is 13.2. The van der Waals surface area contributed by atoms with E-state index in [0.29, 0.717) is 17.8 Å². The monoisotopic (exact) mass is 304 g/mol. The van der Waals surface area contributed by atoms with Crippen LogP contribution in [0, 0.1) is 0 Å². The first-order valence-corrected chi connectivity index (χ1v) is 8.29. The van der Waals surface area contributed by atoms with E-state index in [0.717, 1.165) is 25.7 Å². The van der Waals surface area contributed by atoms with E-state index in [2.05, 4.69) is 10.1 Å². The van der Waals surface area contributed by atoms with Gasteiger partial charge in [-0.1, -0.05) is 30.8 Å². The van der Waals surface area contributed by atoms with Gasteiger partial charge in [-0.25, -0.2) is 0 Å². The van der Waals surface area contributed by atoms with E-state index in [1.165, 1.54) is 32.8 Å². The highest BCUT2D eigenvalue weighted by atomic mass is 16.6. The van der Waals surface area contributed by atoms with Crippen molar-refractivity contribution in [3.8, 4) is 0 Å². The zero-order valence-electron chi connectivity index (χ0n) is 13.2. The summed E-state index contributed by atoms with van der Waals surface area (Å²) in [6.45, 7) is 0. The maximum Gasteiger partial charge on any atom is 0.280 e. The van der Waals surface area contributed by atoms with Crippen molar-refractivity contribution < 1.29 is 14.0 Å². The molecule has 1 aromatic heterocycles. The standard InChI is InChI=1S/C17H24N2O3/c1-21-18-16(15-11-6-12-22-15)17(20)19(13-7-2-3-8-13)14-9-4-5-10-14/h6,11-14H,2-5,7-10H2,1H3/b18-16+. The molecule has 3 rings (SSSR count). The van der Waals surface area contributed by atoms with Crippen LogP contribution in [0.1, 0.15) is 57.1 Å². The number of carbonyl (C=O) groups excluding carboxylic acids is 1. The molecule has 0 saturated heterocycles. The maximum atomic E-state index is 13.2. The normalized spacial score (nSPS) is 20.5. The fourth-order valence-corrected chi connectivity index (χ4v) is 3.81. The van der Waals surface area contributed by atoms with Crippen LogP contribution < -0.4 is 0 Å². The molecule has 5 heteroatoms. The Morgan fingerprint density at radius 2 is 1.77 bits per heavy atom. The van der Waals surface area contributed by atoms with Crippen LogP contribution in [0.3, 0.4) is 0 Å². The van der Waals surface area contributed by atoms with Gasteiger partial charge in [-0.15, -0.1) is 0 Å². The van der Waals surface area contributed by atoms with Crippen molar-refractivity contribution >= 4 is 11.6 Å². The first-order chi connectivity index (χ1) is 10.8. The average Bonchev–Trinajstić information content (AvgIpc) is 3.27. The van der Waals surface area contributed by atoms with E-state index in [1.807, 2.05) is 0 Å². The Morgan fingerprint density at radius 3 is 2.23 bits per heavy atom. The van der Waals surface area contributed by atoms with Crippen molar-refractivity contribution in [3.05, 3.63) is 24.2 Å². The molecular weight excluding hydrogens is 280 g/mol. The Morgan fingerprint density at radius 1 is 1.18 bits per heavy atom. The molecule has 2 aliphatic carbocycles. The molecule has 0 bridgehead atoms. The zero-order chi connectivity index (χ0) is 15.4. The predicted molar refractivity (Wildman–Crippen MR) is 83.6 cm³/mol. The first-order valence-electron chi connectivity index (χ1n) is 8.29. The third kappa shape index (κ3) is 3.03. The van der Waals surface area contributed by atoms with Crippen LogP contribution >= 0.6 is 0 Å². The largest absolute Gasteiger partial charge is 0.462 e. The van der Waals surface area contributed by atoms with Crippen LogP contribution in [0.4, 0.5) is 0 Å². The van der Waals surface area contributed by atoms with Gasteiger partial charge in [-0.3, -0.25) is 4.79 Å². The van der Waals surface area contributed by atoms with Crippen molar-refractivity contribution in [2.45, 2.75) is 63.5 Å². The highest BCUT2D eigenvalue weighted by Crippen LogP contribution is 2.32. The van der Waals surface area contributed by atoms with Crippen LogP contribution in [0.2, 0.25) is 0 Å². The molecule has 0 radical (unpaired) electrons. The molecule has 0 N–H and O–H groups in total. The van der Waals surface area contributed by atoms with Gasteiger partial charge >= 0.3 is 0 Å². The minimum Gasteiger partial charge on any atom is -0.462 e. The summed E-state index contributed by atoms with van der Waals surface area (Å²) in [5.41, 5.74) is 0.284. The number of nitrogens with zero attached hydrogens (tertiary/aromatic N) is 2. The van der Waals surface area contributed by atoms with Crippen LogP contribution in [0.5, 0.6) is 0 Å². The van der Waals surface area contributed by atoms with Crippen LogP contribution in [-0.4, -0.2) is 35.7 Å². The minimum absolute atomic E-state index is 0.0457. The number of furan rings is 1. The van der Waals surface area contributed by atoms with Crippen molar-refractivity contribution in [1.82, 2.24) is 4.90 Å². The molecular formula is C17H24N2O3. The molecule has 2 saturated carbocycles. The Labute approximate surface area is 131 Å². The minimum atomic E-state index is -0.0457. The molecule has 0 atom stereocenters. The van der Waals surface area contributed by atoms with E-state index < -0.39 is 0 Å². The van der Waals surface area contributed by atoms with E-state index in [4.69, 9.17) is 9.25 Å². The lowest BCUT2D eigenvalue weighted by Gasteiger charge is -2.34. The lowest BCUT2D eigenvalue weighted by atomic mass is 10.1. The second-order valence-corrected chi connectivity index (χ2v) is 6.19. The number of hydrogen-bond donors (Lipinski definition) is 0. The highest BCUT2D eigenvalue weighted by molar-refractivity contribution is 6.44. The molecule has 120 valence electrons. The SMILES string of the molecule is CO/N=C(/C(=O)N(C1CCCC1)C1CCCC1)c1ccco1. The fourth-order valence-electron chi connectivity index (χ4n) is 3.81. The van der Waals surface area contributed by atoms with Crippen LogP contribution in [-0.2, 0) is 9.63 Å². The average molecular weight is 304 g/mol. The summed E-state index contributed by atoms with van der Waals surface area (Å²) < 4.78 is 5.39. The first kappa shape index (κ1) is 15.1.